The van der Waals surface area contributed by atoms with E-state index in [1.807, 2.05) is 35.2 Å². The first-order valence-corrected chi connectivity index (χ1v) is 13.5. The van der Waals surface area contributed by atoms with Gasteiger partial charge in [-0.25, -0.2) is 4.79 Å². The Bertz CT molecular complexity index is 1250. The molecule has 2 heterocycles. The molecule has 1 fully saturated rings. The molecule has 1 atom stereocenters. The van der Waals surface area contributed by atoms with Crippen LogP contribution in [-0.2, 0) is 28.8 Å². The number of thioether (sulfide) groups is 1. The number of thiophene rings is 1. The third kappa shape index (κ3) is 4.86. The van der Waals surface area contributed by atoms with Crippen molar-refractivity contribution in [3.05, 3.63) is 87.3 Å². The van der Waals surface area contributed by atoms with Crippen LogP contribution in [0.5, 0.6) is 0 Å². The van der Waals surface area contributed by atoms with Gasteiger partial charge < -0.3 is 15.0 Å². The van der Waals surface area contributed by atoms with Crippen LogP contribution in [0.4, 0.5) is 5.00 Å². The summed E-state index contributed by atoms with van der Waals surface area (Å²) in [5.41, 5.74) is 4.20. The highest BCUT2D eigenvalue weighted by atomic mass is 32.2. The average molecular weight is 507 g/mol. The second-order valence-corrected chi connectivity index (χ2v) is 10.8. The number of ether oxygens (including phenoxy) is 1. The van der Waals surface area contributed by atoms with E-state index in [4.69, 9.17) is 4.74 Å². The quantitative estimate of drug-likeness (QED) is 0.452. The molecule has 2 aliphatic rings. The summed E-state index contributed by atoms with van der Waals surface area (Å²) in [6.07, 6.45) is 3.58. The van der Waals surface area contributed by atoms with Gasteiger partial charge in [-0.2, -0.15) is 0 Å². The molecule has 0 saturated carbocycles. The van der Waals surface area contributed by atoms with Gasteiger partial charge in [0.05, 0.1) is 18.4 Å². The van der Waals surface area contributed by atoms with Crippen molar-refractivity contribution in [1.29, 1.82) is 0 Å². The first-order valence-electron chi connectivity index (χ1n) is 11.6. The number of carbonyl (C=O) groups excluding carboxylic acids is 3. The van der Waals surface area contributed by atoms with E-state index in [2.05, 4.69) is 17.4 Å². The number of benzene rings is 2. The fourth-order valence-electron chi connectivity index (χ4n) is 4.65. The van der Waals surface area contributed by atoms with Crippen molar-refractivity contribution < 1.29 is 19.1 Å². The molecule has 1 aliphatic heterocycles. The molecule has 35 heavy (non-hydrogen) atoms. The fraction of sp³-hybridized carbons (Fsp3) is 0.296. The van der Waals surface area contributed by atoms with Crippen molar-refractivity contribution >= 4 is 45.9 Å². The molecule has 1 aromatic heterocycles. The molecule has 5 rings (SSSR count). The van der Waals surface area contributed by atoms with E-state index in [9.17, 15) is 14.4 Å². The number of amides is 2. The third-order valence-corrected chi connectivity index (χ3v) is 8.91. The van der Waals surface area contributed by atoms with Gasteiger partial charge in [-0.15, -0.1) is 23.1 Å². The van der Waals surface area contributed by atoms with E-state index in [0.717, 1.165) is 41.7 Å². The van der Waals surface area contributed by atoms with Crippen molar-refractivity contribution in [3.63, 3.8) is 0 Å². The predicted octanol–water partition coefficient (Wildman–Crippen LogP) is 5.09. The standard InChI is InChI=1S/C27H26N2O4S2/c1-33-27(32)23-20-8-5-9-21(20)35-25(23)28-24(31)18-10-12-19(13-11-18)26-29(22(30)16-34-26)15-14-17-6-3-2-4-7-17/h2-4,6-7,10-13,26H,5,8-9,14-16H2,1H3,(H,28,31)/t26-/m1/s1. The van der Waals surface area contributed by atoms with Crippen LogP contribution in [0.1, 0.15) is 54.1 Å². The number of fused-ring (bicyclic) bond motifs is 1. The Kier molecular flexibility index (Phi) is 6.92. The summed E-state index contributed by atoms with van der Waals surface area (Å²) in [5.74, 6) is -0.0776. The summed E-state index contributed by atoms with van der Waals surface area (Å²) in [7, 11) is 1.36. The Morgan fingerprint density at radius 2 is 1.86 bits per heavy atom. The molecular weight excluding hydrogens is 480 g/mol. The molecule has 1 saturated heterocycles. The summed E-state index contributed by atoms with van der Waals surface area (Å²) in [4.78, 5) is 41.0. The number of anilines is 1. The van der Waals surface area contributed by atoms with Gasteiger partial charge in [-0.3, -0.25) is 9.59 Å². The lowest BCUT2D eigenvalue weighted by molar-refractivity contribution is -0.128. The summed E-state index contributed by atoms with van der Waals surface area (Å²) in [6.45, 7) is 0.655. The number of methoxy groups -OCH3 is 1. The van der Waals surface area contributed by atoms with Gasteiger partial charge in [0.2, 0.25) is 5.91 Å². The molecular formula is C27H26N2O4S2. The van der Waals surface area contributed by atoms with E-state index in [1.54, 1.807) is 23.9 Å². The van der Waals surface area contributed by atoms with Crippen LogP contribution in [0.25, 0.3) is 0 Å². The molecule has 1 N–H and O–H groups in total. The molecule has 0 bridgehead atoms. The number of nitrogens with one attached hydrogen (secondary N) is 1. The lowest BCUT2D eigenvalue weighted by atomic mass is 10.1. The van der Waals surface area contributed by atoms with Crippen molar-refractivity contribution in [3.8, 4) is 0 Å². The Labute approximate surface area is 212 Å². The average Bonchev–Trinajstić information content (AvgIpc) is 3.57. The van der Waals surface area contributed by atoms with Crippen molar-refractivity contribution in [1.82, 2.24) is 4.90 Å². The van der Waals surface area contributed by atoms with Crippen LogP contribution in [0.2, 0.25) is 0 Å². The van der Waals surface area contributed by atoms with Crippen LogP contribution >= 0.6 is 23.1 Å². The minimum absolute atomic E-state index is 0.0606. The molecule has 8 heteroatoms. The topological polar surface area (TPSA) is 75.7 Å². The van der Waals surface area contributed by atoms with Crippen LogP contribution in [0, 0.1) is 0 Å². The van der Waals surface area contributed by atoms with E-state index in [0.29, 0.717) is 28.4 Å². The van der Waals surface area contributed by atoms with Gasteiger partial charge in [-0.05, 0) is 54.5 Å². The van der Waals surface area contributed by atoms with Gasteiger partial charge in [0.1, 0.15) is 10.4 Å². The molecule has 0 radical (unpaired) electrons. The molecule has 2 aromatic carbocycles. The molecule has 2 amide bonds. The zero-order valence-corrected chi connectivity index (χ0v) is 21.0. The number of hydrogen-bond donors (Lipinski definition) is 1. The van der Waals surface area contributed by atoms with Gasteiger partial charge >= 0.3 is 5.97 Å². The SMILES string of the molecule is COC(=O)c1c(NC(=O)c2ccc([C@H]3SCC(=O)N3CCc3ccccc3)cc2)sc2c1CCC2. The van der Waals surface area contributed by atoms with E-state index < -0.39 is 5.97 Å². The van der Waals surface area contributed by atoms with E-state index in [1.165, 1.54) is 24.0 Å². The molecule has 0 unspecified atom stereocenters. The van der Waals surface area contributed by atoms with Crippen LogP contribution in [-0.4, -0.2) is 42.1 Å². The Morgan fingerprint density at radius 1 is 1.09 bits per heavy atom. The third-order valence-electron chi connectivity index (χ3n) is 6.45. The molecule has 0 spiro atoms. The Hall–Kier alpha value is -3.10. The Morgan fingerprint density at radius 3 is 2.60 bits per heavy atom. The van der Waals surface area contributed by atoms with Crippen molar-refractivity contribution in [2.45, 2.75) is 31.1 Å². The summed E-state index contributed by atoms with van der Waals surface area (Å²) < 4.78 is 4.97. The first-order chi connectivity index (χ1) is 17.0. The fourth-order valence-corrected chi connectivity index (χ4v) is 7.14. The number of carbonyl (C=O) groups is 3. The minimum atomic E-state index is -0.409. The molecule has 3 aromatic rings. The number of esters is 1. The predicted molar refractivity (Wildman–Crippen MR) is 139 cm³/mol. The van der Waals surface area contributed by atoms with Crippen molar-refractivity contribution in [2.75, 3.05) is 24.7 Å². The lowest BCUT2D eigenvalue weighted by Gasteiger charge is -2.24. The Balaban J connectivity index is 1.29. The summed E-state index contributed by atoms with van der Waals surface area (Å²) in [5, 5.41) is 3.42. The number of nitrogens with zero attached hydrogens (tertiary/aromatic N) is 1. The second kappa shape index (κ2) is 10.3. The van der Waals surface area contributed by atoms with Crippen LogP contribution in [0.15, 0.2) is 54.6 Å². The van der Waals surface area contributed by atoms with E-state index in [-0.39, 0.29) is 17.2 Å². The van der Waals surface area contributed by atoms with Crippen LogP contribution in [0.3, 0.4) is 0 Å². The summed E-state index contributed by atoms with van der Waals surface area (Å²) in [6, 6.07) is 17.5. The first kappa shape index (κ1) is 23.6. The van der Waals surface area contributed by atoms with Gasteiger partial charge in [0, 0.05) is 17.0 Å². The largest absolute Gasteiger partial charge is 0.465 e. The smallest absolute Gasteiger partial charge is 0.341 e. The van der Waals surface area contributed by atoms with E-state index >= 15 is 0 Å². The van der Waals surface area contributed by atoms with Gasteiger partial charge in [-0.1, -0.05) is 42.5 Å². The minimum Gasteiger partial charge on any atom is -0.465 e. The molecule has 180 valence electrons. The zero-order valence-electron chi connectivity index (χ0n) is 19.4. The number of hydrogen-bond acceptors (Lipinski definition) is 6. The summed E-state index contributed by atoms with van der Waals surface area (Å²) >= 11 is 3.07. The van der Waals surface area contributed by atoms with Gasteiger partial charge in [0.25, 0.3) is 5.91 Å². The molecule has 1 aliphatic carbocycles. The lowest BCUT2D eigenvalue weighted by Crippen LogP contribution is -2.30. The highest BCUT2D eigenvalue weighted by Crippen LogP contribution is 2.40. The number of aryl methyl sites for hydroxylation is 1. The maximum absolute atomic E-state index is 13.0. The van der Waals surface area contributed by atoms with Crippen molar-refractivity contribution in [2.24, 2.45) is 0 Å². The monoisotopic (exact) mass is 506 g/mol. The second-order valence-electron chi connectivity index (χ2n) is 8.62. The zero-order chi connectivity index (χ0) is 24.4. The molecule has 6 nitrogen and oxygen atoms in total. The van der Waals surface area contributed by atoms with Gasteiger partial charge in [0.15, 0.2) is 0 Å². The highest BCUT2D eigenvalue weighted by molar-refractivity contribution is 8.00. The highest BCUT2D eigenvalue weighted by Gasteiger charge is 2.33. The maximum atomic E-state index is 13.0. The van der Waals surface area contributed by atoms with Crippen LogP contribution < -0.4 is 5.32 Å². The normalized spacial score (nSPS) is 16.9. The maximum Gasteiger partial charge on any atom is 0.341 e. The number of rotatable bonds is 7.